The van der Waals surface area contributed by atoms with Gasteiger partial charge in [0.2, 0.25) is 0 Å². The Bertz CT molecular complexity index is 819. The first-order chi connectivity index (χ1) is 12.7. The fourth-order valence-electron chi connectivity index (χ4n) is 3.88. The zero-order valence-electron chi connectivity index (χ0n) is 14.9. The lowest BCUT2D eigenvalue weighted by molar-refractivity contribution is 0.0718. The van der Waals surface area contributed by atoms with E-state index in [9.17, 15) is 9.59 Å². The van der Waals surface area contributed by atoms with Gasteiger partial charge in [0, 0.05) is 44.1 Å². The molecule has 1 saturated heterocycles. The molecule has 0 unspecified atom stereocenters. The molecular weight excluding hydrogens is 326 g/mol. The molecule has 4 rings (SSSR count). The summed E-state index contributed by atoms with van der Waals surface area (Å²) >= 11 is 0. The van der Waals surface area contributed by atoms with Crippen LogP contribution in [0.4, 0.5) is 0 Å². The highest BCUT2D eigenvalue weighted by molar-refractivity contribution is 5.95. The molecule has 1 aromatic heterocycles. The second-order valence-electron chi connectivity index (χ2n) is 7.02. The predicted octanol–water partition coefficient (Wildman–Crippen LogP) is 2.56. The summed E-state index contributed by atoms with van der Waals surface area (Å²) in [6, 6.07) is 9.68. The third kappa shape index (κ3) is 3.34. The van der Waals surface area contributed by atoms with E-state index in [1.165, 1.54) is 17.5 Å². The average Bonchev–Trinajstić information content (AvgIpc) is 3.02. The number of aromatic nitrogens is 1. The number of nitrogens with zero attached hydrogens (tertiary/aromatic N) is 3. The minimum absolute atomic E-state index is 0.00932. The number of rotatable bonds is 2. The first kappa shape index (κ1) is 16.8. The van der Waals surface area contributed by atoms with Gasteiger partial charge < -0.3 is 9.80 Å². The number of carbonyl (C=O) groups excluding carboxylic acids is 2. The first-order valence-corrected chi connectivity index (χ1v) is 9.33. The number of aryl methyl sites for hydroxylation is 2. The molecule has 5 heteroatoms. The van der Waals surface area contributed by atoms with Gasteiger partial charge in [0.05, 0.1) is 5.56 Å². The normalized spacial score (nSPS) is 16.9. The molecule has 0 saturated carbocycles. The van der Waals surface area contributed by atoms with Crippen LogP contribution in [0, 0.1) is 0 Å². The topological polar surface area (TPSA) is 53.5 Å². The third-order valence-electron chi connectivity index (χ3n) is 5.32. The van der Waals surface area contributed by atoms with Crippen LogP contribution >= 0.6 is 0 Å². The van der Waals surface area contributed by atoms with Crippen LogP contribution in [-0.2, 0) is 12.8 Å². The van der Waals surface area contributed by atoms with Gasteiger partial charge in [0.25, 0.3) is 11.8 Å². The smallest absolute Gasteiger partial charge is 0.255 e. The molecule has 134 valence electrons. The van der Waals surface area contributed by atoms with Crippen molar-refractivity contribution in [2.45, 2.75) is 25.7 Å². The molecule has 1 aromatic carbocycles. The van der Waals surface area contributed by atoms with Gasteiger partial charge in [0.15, 0.2) is 0 Å². The lowest BCUT2D eigenvalue weighted by Crippen LogP contribution is -2.37. The van der Waals surface area contributed by atoms with Crippen molar-refractivity contribution in [1.82, 2.24) is 14.8 Å². The van der Waals surface area contributed by atoms with Crippen LogP contribution in [0.2, 0.25) is 0 Å². The molecule has 0 bridgehead atoms. The maximum atomic E-state index is 12.9. The molecule has 2 aliphatic rings. The molecule has 2 heterocycles. The Kier molecular flexibility index (Phi) is 4.69. The molecule has 5 nitrogen and oxygen atoms in total. The summed E-state index contributed by atoms with van der Waals surface area (Å²) < 4.78 is 0. The molecule has 0 spiro atoms. The zero-order valence-corrected chi connectivity index (χ0v) is 14.9. The van der Waals surface area contributed by atoms with Gasteiger partial charge in [-0.25, -0.2) is 0 Å². The van der Waals surface area contributed by atoms with E-state index in [0.29, 0.717) is 31.7 Å². The van der Waals surface area contributed by atoms with Crippen molar-refractivity contribution < 1.29 is 9.59 Å². The van der Waals surface area contributed by atoms with E-state index in [1.807, 2.05) is 15.9 Å². The van der Waals surface area contributed by atoms with E-state index in [0.717, 1.165) is 24.8 Å². The Balaban J connectivity index is 1.43. The zero-order chi connectivity index (χ0) is 17.9. The van der Waals surface area contributed by atoms with E-state index >= 15 is 0 Å². The fraction of sp³-hybridized carbons (Fsp3) is 0.381. The monoisotopic (exact) mass is 349 g/mol. The van der Waals surface area contributed by atoms with Crippen molar-refractivity contribution in [2.24, 2.45) is 0 Å². The highest BCUT2D eigenvalue weighted by Gasteiger charge is 2.24. The van der Waals surface area contributed by atoms with Crippen LogP contribution in [0.25, 0.3) is 0 Å². The number of fused-ring (bicyclic) bond motifs is 1. The molecule has 1 aliphatic heterocycles. The maximum absolute atomic E-state index is 12.9. The standard InChI is InChI=1S/C21H23N3O2/c25-20(18-8-7-16-4-1-5-17(16)14-18)23-10-3-11-24(13-12-23)21(26)19-6-2-9-22-15-19/h2,6-9,14-15H,1,3-5,10-13H2. The second kappa shape index (κ2) is 7.28. The van der Waals surface area contributed by atoms with Crippen LogP contribution in [0.1, 0.15) is 44.7 Å². The number of benzene rings is 1. The Labute approximate surface area is 153 Å². The van der Waals surface area contributed by atoms with Crippen LogP contribution < -0.4 is 0 Å². The van der Waals surface area contributed by atoms with E-state index < -0.39 is 0 Å². The average molecular weight is 349 g/mol. The number of amides is 2. The van der Waals surface area contributed by atoms with Gasteiger partial charge in [-0.05, 0) is 61.1 Å². The molecule has 0 atom stereocenters. The quantitative estimate of drug-likeness (QED) is 0.837. The lowest BCUT2D eigenvalue weighted by atomic mass is 10.1. The van der Waals surface area contributed by atoms with Crippen molar-refractivity contribution in [3.63, 3.8) is 0 Å². The van der Waals surface area contributed by atoms with E-state index in [1.54, 1.807) is 24.5 Å². The predicted molar refractivity (Wildman–Crippen MR) is 99.1 cm³/mol. The van der Waals surface area contributed by atoms with Crippen LogP contribution in [-0.4, -0.2) is 52.8 Å². The van der Waals surface area contributed by atoms with Gasteiger partial charge in [-0.1, -0.05) is 6.07 Å². The van der Waals surface area contributed by atoms with Crippen molar-refractivity contribution in [3.05, 3.63) is 65.0 Å². The Morgan fingerprint density at radius 3 is 2.27 bits per heavy atom. The SMILES string of the molecule is O=C(c1cccnc1)N1CCCN(C(=O)c2ccc3c(c2)CCC3)CC1. The van der Waals surface area contributed by atoms with Gasteiger partial charge in [-0.2, -0.15) is 0 Å². The molecular formula is C21H23N3O2. The van der Waals surface area contributed by atoms with Gasteiger partial charge >= 0.3 is 0 Å². The molecule has 26 heavy (non-hydrogen) atoms. The molecule has 0 N–H and O–H groups in total. The number of carbonyl (C=O) groups is 2. The molecule has 2 aromatic rings. The summed E-state index contributed by atoms with van der Waals surface area (Å²) in [5, 5.41) is 0. The fourth-order valence-corrected chi connectivity index (χ4v) is 3.88. The van der Waals surface area contributed by atoms with E-state index in [-0.39, 0.29) is 11.8 Å². The first-order valence-electron chi connectivity index (χ1n) is 9.33. The minimum Gasteiger partial charge on any atom is -0.337 e. The summed E-state index contributed by atoms with van der Waals surface area (Å²) in [5.41, 5.74) is 4.08. The summed E-state index contributed by atoms with van der Waals surface area (Å²) in [4.78, 5) is 33.3. The largest absolute Gasteiger partial charge is 0.337 e. The molecule has 1 fully saturated rings. The van der Waals surface area contributed by atoms with Crippen LogP contribution in [0.3, 0.4) is 0 Å². The summed E-state index contributed by atoms with van der Waals surface area (Å²) in [6.45, 7) is 2.49. The highest BCUT2D eigenvalue weighted by atomic mass is 16.2. The van der Waals surface area contributed by atoms with Crippen LogP contribution in [0.15, 0.2) is 42.7 Å². The lowest BCUT2D eigenvalue weighted by Gasteiger charge is -2.22. The van der Waals surface area contributed by atoms with Crippen molar-refractivity contribution in [2.75, 3.05) is 26.2 Å². The summed E-state index contributed by atoms with van der Waals surface area (Å²) in [6.07, 6.45) is 7.43. The van der Waals surface area contributed by atoms with Gasteiger partial charge in [-0.15, -0.1) is 0 Å². The highest BCUT2D eigenvalue weighted by Crippen LogP contribution is 2.23. The van der Waals surface area contributed by atoms with E-state index in [4.69, 9.17) is 0 Å². The van der Waals surface area contributed by atoms with E-state index in [2.05, 4.69) is 17.1 Å². The van der Waals surface area contributed by atoms with Crippen molar-refractivity contribution >= 4 is 11.8 Å². The molecule has 0 radical (unpaired) electrons. The number of pyridine rings is 1. The Morgan fingerprint density at radius 2 is 1.54 bits per heavy atom. The second-order valence-corrected chi connectivity index (χ2v) is 7.02. The maximum Gasteiger partial charge on any atom is 0.255 e. The molecule has 2 amide bonds. The minimum atomic E-state index is -0.00932. The van der Waals surface area contributed by atoms with Gasteiger partial charge in [0.1, 0.15) is 0 Å². The Hall–Kier alpha value is -2.69. The van der Waals surface area contributed by atoms with Crippen LogP contribution in [0.5, 0.6) is 0 Å². The molecule has 1 aliphatic carbocycles. The summed E-state index contributed by atoms with van der Waals surface area (Å²) in [7, 11) is 0. The Morgan fingerprint density at radius 1 is 0.808 bits per heavy atom. The number of hydrogen-bond acceptors (Lipinski definition) is 3. The van der Waals surface area contributed by atoms with Gasteiger partial charge in [-0.3, -0.25) is 14.6 Å². The third-order valence-corrected chi connectivity index (χ3v) is 5.32. The summed E-state index contributed by atoms with van der Waals surface area (Å²) in [5.74, 6) is 0.0697. The van der Waals surface area contributed by atoms with Crippen molar-refractivity contribution in [1.29, 1.82) is 0 Å². The number of hydrogen-bond donors (Lipinski definition) is 0. The van der Waals surface area contributed by atoms with Crippen molar-refractivity contribution in [3.8, 4) is 0 Å².